The van der Waals surface area contributed by atoms with Gasteiger partial charge in [-0.05, 0) is 68.9 Å². The molecular weight excluding hydrogens is 374 g/mol. The number of pyridine rings is 1. The first-order valence-corrected chi connectivity index (χ1v) is 11.7. The lowest BCUT2D eigenvalue weighted by atomic mass is 10.1. The fraction of sp³-hybridized carbons (Fsp3) is 0.577. The van der Waals surface area contributed by atoms with Crippen molar-refractivity contribution < 1.29 is 18.8 Å². The summed E-state index contributed by atoms with van der Waals surface area (Å²) in [7, 11) is 1.70. The molecule has 2 aromatic rings. The molecule has 1 atom stereocenters. The van der Waals surface area contributed by atoms with Gasteiger partial charge in [-0.1, -0.05) is 25.7 Å². The molecule has 4 nitrogen and oxygen atoms in total. The first kappa shape index (κ1) is 22.8. The van der Waals surface area contributed by atoms with Crippen LogP contribution in [-0.2, 0) is 22.4 Å². The van der Waals surface area contributed by atoms with E-state index in [9.17, 15) is 0 Å². The molecule has 164 valence electrons. The number of ether oxygens (including phenoxy) is 3. The van der Waals surface area contributed by atoms with Crippen LogP contribution in [0.25, 0.3) is 0 Å². The minimum atomic E-state index is 0.0668. The molecule has 0 saturated carbocycles. The van der Waals surface area contributed by atoms with Crippen LogP contribution < -0.4 is 9.30 Å². The number of hydrogen-bond donors (Lipinski definition) is 0. The van der Waals surface area contributed by atoms with Gasteiger partial charge in [-0.2, -0.15) is 0 Å². The lowest BCUT2D eigenvalue weighted by molar-refractivity contribution is -0.688. The standard InChI is InChI=1S/C26H38NO3/c1-28-25-16-14-24(15-17-25)22-27-18-10-12-23(21-27)11-6-4-2-3-5-8-19-29-26-13-7-9-20-30-26/h10,12,14-18,21,26H,2-9,11,13,19-20,22H2,1H3/q+1. The van der Waals surface area contributed by atoms with E-state index in [0.717, 1.165) is 44.8 Å². The van der Waals surface area contributed by atoms with Crippen LogP contribution in [0.15, 0.2) is 48.8 Å². The molecule has 0 amide bonds. The lowest BCUT2D eigenvalue weighted by Crippen LogP contribution is -2.33. The zero-order valence-corrected chi connectivity index (χ0v) is 18.6. The van der Waals surface area contributed by atoms with Gasteiger partial charge in [0, 0.05) is 30.4 Å². The zero-order valence-electron chi connectivity index (χ0n) is 18.6. The predicted molar refractivity (Wildman–Crippen MR) is 120 cm³/mol. The van der Waals surface area contributed by atoms with Gasteiger partial charge in [-0.3, -0.25) is 0 Å². The second kappa shape index (κ2) is 13.4. The van der Waals surface area contributed by atoms with Crippen LogP contribution >= 0.6 is 0 Å². The molecule has 2 heterocycles. The van der Waals surface area contributed by atoms with Crippen molar-refractivity contribution in [2.45, 2.75) is 77.0 Å². The van der Waals surface area contributed by atoms with Gasteiger partial charge >= 0.3 is 0 Å². The Morgan fingerprint density at radius 1 is 0.933 bits per heavy atom. The highest BCUT2D eigenvalue weighted by molar-refractivity contribution is 5.26. The molecule has 0 N–H and O–H groups in total. The van der Waals surface area contributed by atoms with Crippen LogP contribution in [0.1, 0.15) is 68.9 Å². The smallest absolute Gasteiger partial charge is 0.173 e. The number of hydrogen-bond acceptors (Lipinski definition) is 3. The molecule has 3 rings (SSSR count). The first-order valence-electron chi connectivity index (χ1n) is 11.7. The summed E-state index contributed by atoms with van der Waals surface area (Å²) in [5, 5.41) is 0. The predicted octanol–water partition coefficient (Wildman–Crippen LogP) is 5.46. The van der Waals surface area contributed by atoms with Gasteiger partial charge in [0.05, 0.1) is 7.11 Å². The molecule has 0 spiro atoms. The lowest BCUT2D eigenvalue weighted by Gasteiger charge is -2.22. The number of methoxy groups -OCH3 is 1. The molecule has 1 fully saturated rings. The minimum absolute atomic E-state index is 0.0668. The normalized spacial score (nSPS) is 16.5. The largest absolute Gasteiger partial charge is 0.497 e. The Morgan fingerprint density at radius 2 is 1.73 bits per heavy atom. The van der Waals surface area contributed by atoms with Crippen molar-refractivity contribution >= 4 is 0 Å². The first-order chi connectivity index (χ1) is 14.8. The van der Waals surface area contributed by atoms with Gasteiger partial charge < -0.3 is 14.2 Å². The Balaban J connectivity index is 1.24. The van der Waals surface area contributed by atoms with Crippen LogP contribution in [0, 0.1) is 0 Å². The number of unbranched alkanes of at least 4 members (excludes halogenated alkanes) is 5. The van der Waals surface area contributed by atoms with Gasteiger partial charge in [0.25, 0.3) is 0 Å². The molecule has 0 bridgehead atoms. The third-order valence-electron chi connectivity index (χ3n) is 5.75. The quantitative estimate of drug-likeness (QED) is 0.323. The monoisotopic (exact) mass is 412 g/mol. The van der Waals surface area contributed by atoms with Crippen LogP contribution in [0.5, 0.6) is 5.75 Å². The van der Waals surface area contributed by atoms with Crippen molar-refractivity contribution in [3.05, 3.63) is 59.9 Å². The highest BCUT2D eigenvalue weighted by Gasteiger charge is 2.13. The van der Waals surface area contributed by atoms with E-state index in [1.165, 1.54) is 56.1 Å². The summed E-state index contributed by atoms with van der Waals surface area (Å²) < 4.78 is 18.9. The average molecular weight is 413 g/mol. The minimum Gasteiger partial charge on any atom is -0.497 e. The summed E-state index contributed by atoms with van der Waals surface area (Å²) in [5.74, 6) is 0.906. The van der Waals surface area contributed by atoms with Gasteiger partial charge in [0.2, 0.25) is 0 Å². The fourth-order valence-electron chi connectivity index (χ4n) is 3.96. The number of rotatable bonds is 13. The SMILES string of the molecule is COc1ccc(C[n+]2cccc(CCCCCCCCOC3CCCCO3)c2)cc1. The molecule has 1 aromatic carbocycles. The van der Waals surface area contributed by atoms with Crippen LogP contribution in [0.2, 0.25) is 0 Å². The summed E-state index contributed by atoms with van der Waals surface area (Å²) in [6, 6.07) is 12.7. The second-order valence-electron chi connectivity index (χ2n) is 8.27. The van der Waals surface area contributed by atoms with E-state index in [1.807, 2.05) is 12.1 Å². The fourth-order valence-corrected chi connectivity index (χ4v) is 3.96. The van der Waals surface area contributed by atoms with Gasteiger partial charge in [0.1, 0.15) is 5.75 Å². The van der Waals surface area contributed by atoms with Crippen molar-refractivity contribution in [3.63, 3.8) is 0 Å². The Labute approximate surface area is 182 Å². The van der Waals surface area contributed by atoms with Crippen molar-refractivity contribution in [1.29, 1.82) is 0 Å². The maximum Gasteiger partial charge on any atom is 0.173 e. The molecule has 0 aliphatic carbocycles. The van der Waals surface area contributed by atoms with E-state index >= 15 is 0 Å². The Bertz CT molecular complexity index is 710. The topological polar surface area (TPSA) is 31.6 Å². The van der Waals surface area contributed by atoms with Crippen molar-refractivity contribution in [1.82, 2.24) is 0 Å². The second-order valence-corrected chi connectivity index (χ2v) is 8.27. The summed E-state index contributed by atoms with van der Waals surface area (Å²) >= 11 is 0. The molecule has 0 radical (unpaired) electrons. The highest BCUT2D eigenvalue weighted by Crippen LogP contribution is 2.15. The third-order valence-corrected chi connectivity index (χ3v) is 5.75. The summed E-state index contributed by atoms with van der Waals surface area (Å²) in [4.78, 5) is 0. The highest BCUT2D eigenvalue weighted by atomic mass is 16.7. The van der Waals surface area contributed by atoms with Crippen LogP contribution in [0.3, 0.4) is 0 Å². The van der Waals surface area contributed by atoms with E-state index in [0.29, 0.717) is 0 Å². The maximum absolute atomic E-state index is 5.80. The molecule has 1 saturated heterocycles. The maximum atomic E-state index is 5.80. The number of aromatic nitrogens is 1. The molecule has 1 aliphatic rings. The number of benzene rings is 1. The van der Waals surface area contributed by atoms with E-state index < -0.39 is 0 Å². The van der Waals surface area contributed by atoms with Crippen LogP contribution in [0.4, 0.5) is 0 Å². The van der Waals surface area contributed by atoms with E-state index in [1.54, 1.807) is 7.11 Å². The molecule has 30 heavy (non-hydrogen) atoms. The van der Waals surface area contributed by atoms with Gasteiger partial charge in [-0.25, -0.2) is 4.57 Å². The number of nitrogens with zero attached hydrogens (tertiary/aromatic N) is 1. The number of aryl methyl sites for hydroxylation is 1. The molecule has 4 heteroatoms. The molecule has 1 aromatic heterocycles. The van der Waals surface area contributed by atoms with E-state index in [2.05, 4.69) is 41.2 Å². The Morgan fingerprint density at radius 3 is 2.50 bits per heavy atom. The molecule has 1 aliphatic heterocycles. The van der Waals surface area contributed by atoms with Gasteiger partial charge in [0.15, 0.2) is 25.2 Å². The molecule has 1 unspecified atom stereocenters. The Kier molecular flexibility index (Phi) is 10.2. The average Bonchev–Trinajstić information content (AvgIpc) is 2.79. The summed E-state index contributed by atoms with van der Waals surface area (Å²) in [6.07, 6.45) is 16.8. The van der Waals surface area contributed by atoms with E-state index in [-0.39, 0.29) is 6.29 Å². The van der Waals surface area contributed by atoms with Crippen LogP contribution in [-0.4, -0.2) is 26.6 Å². The third kappa shape index (κ3) is 8.45. The van der Waals surface area contributed by atoms with Crippen molar-refractivity contribution in [2.24, 2.45) is 0 Å². The summed E-state index contributed by atoms with van der Waals surface area (Å²) in [6.45, 7) is 2.61. The zero-order chi connectivity index (χ0) is 20.9. The summed E-state index contributed by atoms with van der Waals surface area (Å²) in [5.41, 5.74) is 2.71. The van der Waals surface area contributed by atoms with Crippen molar-refractivity contribution in [2.75, 3.05) is 20.3 Å². The van der Waals surface area contributed by atoms with E-state index in [4.69, 9.17) is 14.2 Å². The van der Waals surface area contributed by atoms with Gasteiger partial charge in [-0.15, -0.1) is 0 Å². The molecular formula is C26H38NO3+. The van der Waals surface area contributed by atoms with Crippen molar-refractivity contribution in [3.8, 4) is 5.75 Å². The Hall–Kier alpha value is -1.91.